The number of benzene rings is 1. The third kappa shape index (κ3) is 2.82. The van der Waals surface area contributed by atoms with Gasteiger partial charge in [0.2, 0.25) is 5.91 Å². The van der Waals surface area contributed by atoms with E-state index in [9.17, 15) is 4.79 Å². The predicted molar refractivity (Wildman–Crippen MR) is 94.1 cm³/mol. The van der Waals surface area contributed by atoms with E-state index in [1.54, 1.807) is 25.3 Å². The van der Waals surface area contributed by atoms with Gasteiger partial charge in [-0.1, -0.05) is 6.07 Å². The number of amides is 1. The maximum Gasteiger partial charge on any atom is 0.494 e. The summed E-state index contributed by atoms with van der Waals surface area (Å²) in [6.07, 6.45) is 1.69. The normalized spacial score (nSPS) is 19.0. The first-order valence-corrected chi connectivity index (χ1v) is 8.11. The summed E-state index contributed by atoms with van der Waals surface area (Å²) < 4.78 is 14.0. The summed E-state index contributed by atoms with van der Waals surface area (Å²) in [6, 6.07) is 5.91. The summed E-state index contributed by atoms with van der Waals surface area (Å²) in [5, 5.41) is 0. The fourth-order valence-corrected chi connectivity index (χ4v) is 2.62. The van der Waals surface area contributed by atoms with Gasteiger partial charge in [0.25, 0.3) is 0 Å². The van der Waals surface area contributed by atoms with E-state index in [1.165, 1.54) is 0 Å². The van der Waals surface area contributed by atoms with Crippen LogP contribution < -0.4 is 5.46 Å². The van der Waals surface area contributed by atoms with Crippen molar-refractivity contribution in [3.63, 3.8) is 0 Å². The molecule has 7 heteroatoms. The molecule has 1 aliphatic rings. The number of hydrogen-bond acceptors (Lipinski definition) is 4. The van der Waals surface area contributed by atoms with Gasteiger partial charge in [-0.2, -0.15) is 0 Å². The first-order valence-electron chi connectivity index (χ1n) is 8.11. The van der Waals surface area contributed by atoms with E-state index in [0.717, 1.165) is 16.5 Å². The molecule has 0 bridgehead atoms. The molecule has 0 spiro atoms. The summed E-state index contributed by atoms with van der Waals surface area (Å²) in [6.45, 7) is 8.42. The van der Waals surface area contributed by atoms with Gasteiger partial charge >= 0.3 is 7.12 Å². The number of imidazole rings is 1. The van der Waals surface area contributed by atoms with Gasteiger partial charge in [-0.25, -0.2) is 4.98 Å². The Morgan fingerprint density at radius 1 is 1.21 bits per heavy atom. The van der Waals surface area contributed by atoms with E-state index in [0.29, 0.717) is 0 Å². The van der Waals surface area contributed by atoms with Gasteiger partial charge < -0.3 is 18.8 Å². The minimum atomic E-state index is -0.409. The molecular formula is C17H24BN3O3. The number of nitrogens with zero attached hydrogens (tertiary/aromatic N) is 3. The summed E-state index contributed by atoms with van der Waals surface area (Å²) >= 11 is 0. The van der Waals surface area contributed by atoms with E-state index in [2.05, 4.69) is 4.98 Å². The Morgan fingerprint density at radius 3 is 2.42 bits per heavy atom. The van der Waals surface area contributed by atoms with Crippen LogP contribution in [0, 0.1) is 0 Å². The zero-order chi connectivity index (χ0) is 17.7. The molecule has 1 aromatic carbocycles. The van der Waals surface area contributed by atoms with Gasteiger partial charge in [0.15, 0.2) is 0 Å². The monoisotopic (exact) mass is 329 g/mol. The molecule has 0 aliphatic carbocycles. The molecule has 2 heterocycles. The maximum absolute atomic E-state index is 11.9. The zero-order valence-electron chi connectivity index (χ0n) is 15.2. The summed E-state index contributed by atoms with van der Waals surface area (Å²) in [5.41, 5.74) is 1.94. The predicted octanol–water partition coefficient (Wildman–Crippen LogP) is 1.42. The molecule has 1 aliphatic heterocycles. The Bertz CT molecular complexity index is 766. The highest BCUT2D eigenvalue weighted by molar-refractivity contribution is 6.62. The van der Waals surface area contributed by atoms with Gasteiger partial charge in [-0.15, -0.1) is 0 Å². The Balaban J connectivity index is 1.87. The summed E-state index contributed by atoms with van der Waals surface area (Å²) in [7, 11) is 3.09. The quantitative estimate of drug-likeness (QED) is 0.800. The van der Waals surface area contributed by atoms with Crippen LogP contribution in [-0.4, -0.2) is 52.8 Å². The molecule has 0 saturated carbocycles. The SMILES string of the molecule is CN(C)C(=O)Cn1cnc2cc(B3OC(C)(C)C(C)(C)O3)ccc21. The van der Waals surface area contributed by atoms with Gasteiger partial charge in [0.1, 0.15) is 6.54 Å². The molecule has 3 rings (SSSR count). The molecule has 1 saturated heterocycles. The van der Waals surface area contributed by atoms with Gasteiger partial charge in [-0.3, -0.25) is 4.79 Å². The fourth-order valence-electron chi connectivity index (χ4n) is 2.62. The van der Waals surface area contributed by atoms with Crippen molar-refractivity contribution in [1.82, 2.24) is 14.5 Å². The Labute approximate surface area is 142 Å². The van der Waals surface area contributed by atoms with Crippen molar-refractivity contribution >= 4 is 29.5 Å². The average molecular weight is 329 g/mol. The van der Waals surface area contributed by atoms with E-state index in [-0.39, 0.29) is 23.7 Å². The second kappa shape index (κ2) is 5.60. The lowest BCUT2D eigenvalue weighted by Gasteiger charge is -2.32. The van der Waals surface area contributed by atoms with Gasteiger partial charge in [0, 0.05) is 14.1 Å². The van der Waals surface area contributed by atoms with Crippen LogP contribution in [0.5, 0.6) is 0 Å². The Morgan fingerprint density at radius 2 is 1.83 bits per heavy atom. The van der Waals surface area contributed by atoms with Gasteiger partial charge in [-0.05, 0) is 45.3 Å². The van der Waals surface area contributed by atoms with Crippen molar-refractivity contribution < 1.29 is 14.1 Å². The molecule has 0 radical (unpaired) electrons. The molecule has 0 unspecified atom stereocenters. The van der Waals surface area contributed by atoms with Crippen LogP contribution in [0.3, 0.4) is 0 Å². The number of carbonyl (C=O) groups excluding carboxylic acids is 1. The molecule has 1 fully saturated rings. The summed E-state index contributed by atoms with van der Waals surface area (Å²) in [5.74, 6) is 0.0318. The molecule has 0 N–H and O–H groups in total. The molecule has 2 aromatic rings. The highest BCUT2D eigenvalue weighted by Crippen LogP contribution is 2.36. The number of likely N-dealkylation sites (N-methyl/N-ethyl adjacent to an activating group) is 1. The maximum atomic E-state index is 11.9. The number of rotatable bonds is 3. The molecule has 1 amide bonds. The molecule has 6 nitrogen and oxygen atoms in total. The highest BCUT2D eigenvalue weighted by Gasteiger charge is 2.51. The largest absolute Gasteiger partial charge is 0.494 e. The van der Waals surface area contributed by atoms with Crippen LogP contribution in [0.2, 0.25) is 0 Å². The number of fused-ring (bicyclic) bond motifs is 1. The van der Waals surface area contributed by atoms with Crippen molar-refractivity contribution in [3.05, 3.63) is 24.5 Å². The minimum absolute atomic E-state index is 0.0318. The molecule has 0 atom stereocenters. The van der Waals surface area contributed by atoms with Gasteiger partial charge in [0.05, 0.1) is 28.6 Å². The van der Waals surface area contributed by atoms with E-state index in [4.69, 9.17) is 9.31 Å². The third-order valence-electron chi connectivity index (χ3n) is 4.97. The topological polar surface area (TPSA) is 56.6 Å². The Kier molecular flexibility index (Phi) is 3.96. The number of aromatic nitrogens is 2. The van der Waals surface area contributed by atoms with Crippen LogP contribution in [-0.2, 0) is 20.6 Å². The smallest absolute Gasteiger partial charge is 0.399 e. The standard InChI is InChI=1S/C17H24BN3O3/c1-16(2)17(3,4)24-18(23-16)12-7-8-14-13(9-12)19-11-21(14)10-15(22)20(5)6/h7-9,11H,10H2,1-6H3. The highest BCUT2D eigenvalue weighted by atomic mass is 16.7. The van der Waals surface area contributed by atoms with Crippen molar-refractivity contribution in [1.29, 1.82) is 0 Å². The second-order valence-corrected chi connectivity index (χ2v) is 7.50. The third-order valence-corrected chi connectivity index (χ3v) is 4.97. The van der Waals surface area contributed by atoms with Crippen LogP contribution in [0.15, 0.2) is 24.5 Å². The lowest BCUT2D eigenvalue weighted by atomic mass is 9.79. The van der Waals surface area contributed by atoms with Crippen molar-refractivity contribution in [3.8, 4) is 0 Å². The van der Waals surface area contributed by atoms with Crippen LogP contribution in [0.25, 0.3) is 11.0 Å². The molecule has 128 valence electrons. The minimum Gasteiger partial charge on any atom is -0.399 e. The van der Waals surface area contributed by atoms with Crippen LogP contribution >= 0.6 is 0 Å². The van der Waals surface area contributed by atoms with E-state index >= 15 is 0 Å². The molecule has 24 heavy (non-hydrogen) atoms. The van der Waals surface area contributed by atoms with Crippen molar-refractivity contribution in [2.75, 3.05) is 14.1 Å². The number of hydrogen-bond donors (Lipinski definition) is 0. The first-order chi connectivity index (χ1) is 11.1. The van der Waals surface area contributed by atoms with Crippen LogP contribution in [0.1, 0.15) is 27.7 Å². The first kappa shape index (κ1) is 17.0. The zero-order valence-corrected chi connectivity index (χ0v) is 15.2. The molecule has 1 aromatic heterocycles. The molecular weight excluding hydrogens is 305 g/mol. The van der Waals surface area contributed by atoms with Crippen molar-refractivity contribution in [2.45, 2.75) is 45.4 Å². The second-order valence-electron chi connectivity index (χ2n) is 7.50. The van der Waals surface area contributed by atoms with E-state index < -0.39 is 7.12 Å². The van der Waals surface area contributed by atoms with Crippen molar-refractivity contribution in [2.24, 2.45) is 0 Å². The van der Waals surface area contributed by atoms with Crippen LogP contribution in [0.4, 0.5) is 0 Å². The van der Waals surface area contributed by atoms with E-state index in [1.807, 2.05) is 50.5 Å². The summed E-state index contributed by atoms with van der Waals surface area (Å²) in [4.78, 5) is 17.9. The fraction of sp³-hybridized carbons (Fsp3) is 0.529. The average Bonchev–Trinajstić information content (AvgIpc) is 2.97. The number of carbonyl (C=O) groups is 1. The lowest BCUT2D eigenvalue weighted by molar-refractivity contribution is -0.129. The lowest BCUT2D eigenvalue weighted by Crippen LogP contribution is -2.41. The Hall–Kier alpha value is -1.86.